The van der Waals surface area contributed by atoms with Crippen molar-refractivity contribution in [3.05, 3.63) is 126 Å². The van der Waals surface area contributed by atoms with Crippen LogP contribution in [0.3, 0.4) is 0 Å². The van der Waals surface area contributed by atoms with Gasteiger partial charge in [0.1, 0.15) is 0 Å². The van der Waals surface area contributed by atoms with Crippen LogP contribution in [0.25, 0.3) is 27.8 Å². The summed E-state index contributed by atoms with van der Waals surface area (Å²) < 4.78 is 0. The van der Waals surface area contributed by atoms with Crippen LogP contribution in [-0.4, -0.2) is 0 Å². The average Bonchev–Trinajstić information content (AvgIpc) is 2.78. The highest BCUT2D eigenvalue weighted by Gasteiger charge is 2.13. The summed E-state index contributed by atoms with van der Waals surface area (Å²) in [6, 6.07) is 38.9. The van der Waals surface area contributed by atoms with Crippen molar-refractivity contribution in [2.45, 2.75) is 20.8 Å². The lowest BCUT2D eigenvalue weighted by Crippen LogP contribution is -2.02. The first-order valence-electron chi connectivity index (χ1n) is 10.5. The molecule has 30 heavy (non-hydrogen) atoms. The van der Waals surface area contributed by atoms with Gasteiger partial charge < -0.3 is 0 Å². The second-order valence-electron chi connectivity index (χ2n) is 8.81. The van der Waals surface area contributed by atoms with Crippen molar-refractivity contribution >= 4 is 5.57 Å². The molecule has 0 radical (unpaired) electrons. The van der Waals surface area contributed by atoms with E-state index in [2.05, 4.69) is 136 Å². The van der Waals surface area contributed by atoms with Gasteiger partial charge in [0.25, 0.3) is 0 Å². The Hall–Kier alpha value is -3.38. The summed E-state index contributed by atoms with van der Waals surface area (Å²) in [5.74, 6) is 0. The molecule has 0 saturated heterocycles. The number of allylic oxidation sites excluding steroid dienone is 1. The lowest BCUT2D eigenvalue weighted by Gasteiger charge is -2.18. The highest BCUT2D eigenvalue weighted by Crippen LogP contribution is 2.32. The molecular formula is C30H28. The van der Waals surface area contributed by atoms with Gasteiger partial charge in [0.05, 0.1) is 0 Å². The van der Waals surface area contributed by atoms with Crippen molar-refractivity contribution in [3.63, 3.8) is 0 Å². The van der Waals surface area contributed by atoms with Crippen LogP contribution in [0, 0.1) is 5.41 Å². The van der Waals surface area contributed by atoms with Crippen LogP contribution in [0.15, 0.2) is 115 Å². The molecule has 0 nitrogen and oxygen atoms in total. The molecule has 4 aromatic carbocycles. The van der Waals surface area contributed by atoms with E-state index in [1.807, 2.05) is 0 Å². The molecule has 4 aromatic rings. The van der Waals surface area contributed by atoms with E-state index in [9.17, 15) is 0 Å². The molecule has 4 rings (SSSR count). The average molecular weight is 389 g/mol. The fourth-order valence-electron chi connectivity index (χ4n) is 3.71. The summed E-state index contributed by atoms with van der Waals surface area (Å²) in [7, 11) is 0. The van der Waals surface area contributed by atoms with Crippen molar-refractivity contribution in [3.8, 4) is 22.3 Å². The van der Waals surface area contributed by atoms with Gasteiger partial charge in [-0.15, -0.1) is 0 Å². The molecule has 0 bridgehead atoms. The normalized spacial score (nSPS) is 11.2. The predicted molar refractivity (Wildman–Crippen MR) is 130 cm³/mol. The first kappa shape index (κ1) is 19.9. The molecule has 0 aliphatic heterocycles. The van der Waals surface area contributed by atoms with Crippen LogP contribution in [0.4, 0.5) is 0 Å². The van der Waals surface area contributed by atoms with Gasteiger partial charge in [-0.05, 0) is 44.4 Å². The van der Waals surface area contributed by atoms with Crippen molar-refractivity contribution in [1.82, 2.24) is 0 Å². The maximum absolute atomic E-state index is 2.38. The van der Waals surface area contributed by atoms with Gasteiger partial charge in [0, 0.05) is 0 Å². The molecule has 0 heterocycles. The molecule has 0 saturated carbocycles. The Morgan fingerprint density at radius 2 is 0.800 bits per heavy atom. The van der Waals surface area contributed by atoms with Crippen LogP contribution < -0.4 is 0 Å². The Bertz CT molecular complexity index is 1020. The van der Waals surface area contributed by atoms with E-state index in [0.717, 1.165) is 0 Å². The maximum atomic E-state index is 2.38. The molecule has 0 aromatic heterocycles. The van der Waals surface area contributed by atoms with Crippen LogP contribution in [-0.2, 0) is 0 Å². The minimum absolute atomic E-state index is 0.0888. The van der Waals surface area contributed by atoms with Crippen molar-refractivity contribution in [1.29, 1.82) is 0 Å². The summed E-state index contributed by atoms with van der Waals surface area (Å²) in [4.78, 5) is 0. The minimum atomic E-state index is 0.0888. The minimum Gasteiger partial charge on any atom is -0.0707 e. The zero-order valence-electron chi connectivity index (χ0n) is 18.0. The fraction of sp³-hybridized carbons (Fsp3) is 0.133. The van der Waals surface area contributed by atoms with Crippen LogP contribution >= 0.6 is 0 Å². The van der Waals surface area contributed by atoms with Gasteiger partial charge in [-0.1, -0.05) is 136 Å². The lowest BCUT2D eigenvalue weighted by atomic mass is 9.87. The zero-order chi connectivity index (χ0) is 21.0. The monoisotopic (exact) mass is 388 g/mol. The number of hydrogen-bond donors (Lipinski definition) is 0. The first-order chi connectivity index (χ1) is 14.5. The van der Waals surface area contributed by atoms with E-state index in [4.69, 9.17) is 0 Å². The third-order valence-corrected chi connectivity index (χ3v) is 5.18. The van der Waals surface area contributed by atoms with Gasteiger partial charge >= 0.3 is 0 Å². The van der Waals surface area contributed by atoms with E-state index in [-0.39, 0.29) is 5.41 Å². The molecule has 0 spiro atoms. The second kappa shape index (κ2) is 8.55. The second-order valence-corrected chi connectivity index (χ2v) is 8.81. The Labute approximate surface area is 180 Å². The highest BCUT2D eigenvalue weighted by molar-refractivity contribution is 5.82. The van der Waals surface area contributed by atoms with E-state index in [1.165, 1.54) is 39.0 Å². The number of benzene rings is 4. The largest absolute Gasteiger partial charge is 0.0707 e. The molecular weight excluding hydrogens is 360 g/mol. The molecule has 0 unspecified atom stereocenters. The third-order valence-electron chi connectivity index (χ3n) is 5.18. The fourth-order valence-corrected chi connectivity index (χ4v) is 3.71. The topological polar surface area (TPSA) is 0 Å². The quantitative estimate of drug-likeness (QED) is 0.329. The Morgan fingerprint density at radius 3 is 1.13 bits per heavy atom. The standard InChI is InChI=1S/C30H28/c1-30(2,3)22-29(27-18-14-25(15-19-27)23-10-6-4-7-11-23)28-20-16-26(17-21-28)24-12-8-5-9-13-24/h4-22H,1-3H3. The summed E-state index contributed by atoms with van der Waals surface area (Å²) in [6.07, 6.45) is 2.38. The molecule has 0 fully saturated rings. The molecule has 0 aliphatic rings. The first-order valence-corrected chi connectivity index (χ1v) is 10.5. The van der Waals surface area contributed by atoms with Crippen molar-refractivity contribution < 1.29 is 0 Å². The predicted octanol–water partition coefficient (Wildman–Crippen LogP) is 8.50. The van der Waals surface area contributed by atoms with E-state index >= 15 is 0 Å². The summed E-state index contributed by atoms with van der Waals surface area (Å²) >= 11 is 0. The van der Waals surface area contributed by atoms with Crippen LogP contribution in [0.1, 0.15) is 31.9 Å². The highest BCUT2D eigenvalue weighted by atomic mass is 14.2. The van der Waals surface area contributed by atoms with E-state index in [1.54, 1.807) is 0 Å². The maximum Gasteiger partial charge on any atom is -0.0146 e. The zero-order valence-corrected chi connectivity index (χ0v) is 18.0. The Kier molecular flexibility index (Phi) is 5.68. The molecule has 0 amide bonds. The van der Waals surface area contributed by atoms with Crippen molar-refractivity contribution in [2.75, 3.05) is 0 Å². The lowest BCUT2D eigenvalue weighted by molar-refractivity contribution is 0.546. The molecule has 0 atom stereocenters. The summed E-state index contributed by atoms with van der Waals surface area (Å²) in [5, 5.41) is 0. The summed E-state index contributed by atoms with van der Waals surface area (Å²) in [6.45, 7) is 6.76. The number of rotatable bonds is 4. The van der Waals surface area contributed by atoms with Crippen molar-refractivity contribution in [2.24, 2.45) is 5.41 Å². The smallest absolute Gasteiger partial charge is 0.0146 e. The third kappa shape index (κ3) is 4.78. The summed E-state index contributed by atoms with van der Waals surface area (Å²) in [5.41, 5.74) is 8.85. The van der Waals surface area contributed by atoms with E-state index < -0.39 is 0 Å². The van der Waals surface area contributed by atoms with Gasteiger partial charge in [-0.3, -0.25) is 0 Å². The molecule has 0 N–H and O–H groups in total. The van der Waals surface area contributed by atoms with Crippen LogP contribution in [0.5, 0.6) is 0 Å². The molecule has 0 heteroatoms. The van der Waals surface area contributed by atoms with Gasteiger partial charge in [0.15, 0.2) is 0 Å². The van der Waals surface area contributed by atoms with Crippen LogP contribution in [0.2, 0.25) is 0 Å². The van der Waals surface area contributed by atoms with Gasteiger partial charge in [-0.2, -0.15) is 0 Å². The molecule has 148 valence electrons. The Morgan fingerprint density at radius 1 is 0.467 bits per heavy atom. The molecule has 0 aliphatic carbocycles. The van der Waals surface area contributed by atoms with Gasteiger partial charge in [0.2, 0.25) is 0 Å². The Balaban J connectivity index is 1.70. The van der Waals surface area contributed by atoms with Gasteiger partial charge in [-0.25, -0.2) is 0 Å². The van der Waals surface area contributed by atoms with E-state index in [0.29, 0.717) is 0 Å². The SMILES string of the molecule is CC(C)(C)C=C(c1ccc(-c2ccccc2)cc1)c1ccc(-c2ccccc2)cc1. The number of hydrogen-bond acceptors (Lipinski definition) is 0.